The van der Waals surface area contributed by atoms with E-state index in [-0.39, 0.29) is 23.8 Å². The van der Waals surface area contributed by atoms with Crippen LogP contribution in [0.1, 0.15) is 33.1 Å². The molecule has 0 aromatic heterocycles. The van der Waals surface area contributed by atoms with Crippen LogP contribution >= 0.6 is 11.8 Å². The van der Waals surface area contributed by atoms with Gasteiger partial charge in [-0.25, -0.2) is 0 Å². The number of rotatable bonds is 10. The van der Waals surface area contributed by atoms with Crippen LogP contribution in [-0.4, -0.2) is 61.9 Å². The second kappa shape index (κ2) is 12.1. The Morgan fingerprint density at radius 3 is 2.50 bits per heavy atom. The van der Waals surface area contributed by atoms with Gasteiger partial charge in [0.25, 0.3) is 0 Å². The van der Waals surface area contributed by atoms with Crippen molar-refractivity contribution in [2.75, 3.05) is 44.4 Å². The molecule has 2 N–H and O–H groups in total. The molecular weight excluding hydrogens is 374 g/mol. The zero-order valence-electron chi connectivity index (χ0n) is 17.2. The smallest absolute Gasteiger partial charge is 0.238 e. The standard InChI is InChI=1S/C21H33N3O3S/c1-16(2)27-14-4-11-22-21(26)17-9-12-24(13-10-17)15-20(25)23-18-5-7-19(28-3)8-6-18/h5-8,16-17H,4,9-15H2,1-3H3,(H,22,26)(H,23,25). The third-order valence-electron chi connectivity index (χ3n) is 4.77. The third kappa shape index (κ3) is 8.20. The van der Waals surface area contributed by atoms with E-state index in [1.165, 1.54) is 4.90 Å². The number of amides is 2. The Kier molecular flexibility index (Phi) is 9.81. The van der Waals surface area contributed by atoms with E-state index in [0.717, 1.165) is 38.0 Å². The van der Waals surface area contributed by atoms with Gasteiger partial charge in [0.2, 0.25) is 11.8 Å². The highest BCUT2D eigenvalue weighted by molar-refractivity contribution is 7.98. The zero-order chi connectivity index (χ0) is 20.4. The first-order valence-corrected chi connectivity index (χ1v) is 11.3. The van der Waals surface area contributed by atoms with E-state index < -0.39 is 0 Å². The molecule has 6 nitrogen and oxygen atoms in total. The van der Waals surface area contributed by atoms with Crippen molar-refractivity contribution in [2.24, 2.45) is 5.92 Å². The lowest BCUT2D eigenvalue weighted by Crippen LogP contribution is -2.43. The predicted octanol–water partition coefficient (Wildman–Crippen LogP) is 2.99. The van der Waals surface area contributed by atoms with E-state index in [9.17, 15) is 9.59 Å². The van der Waals surface area contributed by atoms with E-state index in [1.807, 2.05) is 44.4 Å². The van der Waals surface area contributed by atoms with Gasteiger partial charge in [-0.3, -0.25) is 14.5 Å². The minimum Gasteiger partial charge on any atom is -0.379 e. The molecule has 156 valence electrons. The number of thioether (sulfide) groups is 1. The fraction of sp³-hybridized carbons (Fsp3) is 0.619. The lowest BCUT2D eigenvalue weighted by Gasteiger charge is -2.30. The molecule has 1 fully saturated rings. The van der Waals surface area contributed by atoms with Gasteiger partial charge < -0.3 is 15.4 Å². The molecule has 1 aromatic rings. The van der Waals surface area contributed by atoms with Gasteiger partial charge in [0.1, 0.15) is 0 Å². The fourth-order valence-corrected chi connectivity index (χ4v) is 3.59. The first-order chi connectivity index (χ1) is 13.5. The van der Waals surface area contributed by atoms with Crippen LogP contribution in [-0.2, 0) is 14.3 Å². The first kappa shape index (κ1) is 22.7. The van der Waals surface area contributed by atoms with Crippen molar-refractivity contribution in [1.29, 1.82) is 0 Å². The number of benzene rings is 1. The lowest BCUT2D eigenvalue weighted by molar-refractivity contribution is -0.126. The normalized spacial score (nSPS) is 15.6. The topological polar surface area (TPSA) is 70.7 Å². The maximum atomic E-state index is 12.3. The Morgan fingerprint density at radius 2 is 1.89 bits per heavy atom. The second-order valence-electron chi connectivity index (χ2n) is 7.39. The van der Waals surface area contributed by atoms with E-state index in [0.29, 0.717) is 19.7 Å². The summed E-state index contributed by atoms with van der Waals surface area (Å²) in [7, 11) is 0. The average Bonchev–Trinajstić information content (AvgIpc) is 2.68. The van der Waals surface area contributed by atoms with E-state index in [2.05, 4.69) is 15.5 Å². The molecule has 2 rings (SSSR count). The number of piperidine rings is 1. The molecule has 1 aliphatic rings. The summed E-state index contributed by atoms with van der Waals surface area (Å²) in [5.41, 5.74) is 0.818. The Morgan fingerprint density at radius 1 is 1.21 bits per heavy atom. The van der Waals surface area contributed by atoms with Crippen LogP contribution in [0.4, 0.5) is 5.69 Å². The van der Waals surface area contributed by atoms with Crippen molar-refractivity contribution in [1.82, 2.24) is 10.2 Å². The van der Waals surface area contributed by atoms with Crippen molar-refractivity contribution in [3.05, 3.63) is 24.3 Å². The van der Waals surface area contributed by atoms with Crippen molar-refractivity contribution in [2.45, 2.75) is 44.1 Å². The highest BCUT2D eigenvalue weighted by atomic mass is 32.2. The van der Waals surface area contributed by atoms with Crippen LogP contribution < -0.4 is 10.6 Å². The van der Waals surface area contributed by atoms with Crippen molar-refractivity contribution in [3.63, 3.8) is 0 Å². The molecular formula is C21H33N3O3S. The van der Waals surface area contributed by atoms with Gasteiger partial charge in [0.15, 0.2) is 0 Å². The summed E-state index contributed by atoms with van der Waals surface area (Å²) in [5.74, 6) is 0.164. The highest BCUT2D eigenvalue weighted by Crippen LogP contribution is 2.19. The summed E-state index contributed by atoms with van der Waals surface area (Å²) in [6, 6.07) is 7.84. The molecule has 1 aliphatic heterocycles. The quantitative estimate of drug-likeness (QED) is 0.461. The number of likely N-dealkylation sites (tertiary alicyclic amines) is 1. The molecule has 1 aromatic carbocycles. The van der Waals surface area contributed by atoms with Crippen LogP contribution in [0.25, 0.3) is 0 Å². The number of ether oxygens (including phenoxy) is 1. The predicted molar refractivity (Wildman–Crippen MR) is 115 cm³/mol. The third-order valence-corrected chi connectivity index (χ3v) is 5.51. The van der Waals surface area contributed by atoms with Gasteiger partial charge in [-0.15, -0.1) is 11.8 Å². The fourth-order valence-electron chi connectivity index (χ4n) is 3.18. The first-order valence-electron chi connectivity index (χ1n) is 10.0. The summed E-state index contributed by atoms with van der Waals surface area (Å²) >= 11 is 1.68. The van der Waals surface area contributed by atoms with Crippen LogP contribution in [0.2, 0.25) is 0 Å². The SMILES string of the molecule is CSc1ccc(NC(=O)CN2CCC(C(=O)NCCCOC(C)C)CC2)cc1. The number of carbonyl (C=O) groups is 2. The summed E-state index contributed by atoms with van der Waals surface area (Å²) < 4.78 is 5.48. The summed E-state index contributed by atoms with van der Waals surface area (Å²) in [4.78, 5) is 27.8. The Bertz CT molecular complexity index is 614. The second-order valence-corrected chi connectivity index (χ2v) is 8.27. The van der Waals surface area contributed by atoms with Crippen LogP contribution in [0, 0.1) is 5.92 Å². The molecule has 0 spiro atoms. The minimum absolute atomic E-state index is 0.00930. The average molecular weight is 408 g/mol. The van der Waals surface area contributed by atoms with Crippen LogP contribution in [0.3, 0.4) is 0 Å². The Hall–Kier alpha value is -1.57. The van der Waals surface area contributed by atoms with Crippen LogP contribution in [0.15, 0.2) is 29.2 Å². The molecule has 2 amide bonds. The number of nitrogens with zero attached hydrogens (tertiary/aromatic N) is 1. The maximum Gasteiger partial charge on any atom is 0.238 e. The van der Waals surface area contributed by atoms with Crippen molar-refractivity contribution in [3.8, 4) is 0 Å². The molecule has 1 saturated heterocycles. The summed E-state index contributed by atoms with van der Waals surface area (Å²) in [6.45, 7) is 7.25. The number of nitrogens with one attached hydrogen (secondary N) is 2. The molecule has 0 bridgehead atoms. The van der Waals surface area contributed by atoms with Gasteiger partial charge in [0, 0.05) is 29.7 Å². The molecule has 0 radical (unpaired) electrons. The molecule has 1 heterocycles. The molecule has 28 heavy (non-hydrogen) atoms. The molecule has 0 saturated carbocycles. The maximum absolute atomic E-state index is 12.3. The number of hydrogen-bond donors (Lipinski definition) is 2. The van der Waals surface area contributed by atoms with Gasteiger partial charge in [0.05, 0.1) is 12.6 Å². The summed E-state index contributed by atoms with van der Waals surface area (Å²) in [5, 5.41) is 5.95. The van der Waals surface area contributed by atoms with E-state index >= 15 is 0 Å². The minimum atomic E-state index is -0.00930. The van der Waals surface area contributed by atoms with E-state index in [1.54, 1.807) is 11.8 Å². The van der Waals surface area contributed by atoms with Gasteiger partial charge in [-0.1, -0.05) is 0 Å². The van der Waals surface area contributed by atoms with Crippen LogP contribution in [0.5, 0.6) is 0 Å². The van der Waals surface area contributed by atoms with Crippen molar-refractivity contribution >= 4 is 29.3 Å². The number of anilines is 1. The van der Waals surface area contributed by atoms with E-state index in [4.69, 9.17) is 4.74 Å². The molecule has 0 atom stereocenters. The largest absolute Gasteiger partial charge is 0.379 e. The Balaban J connectivity index is 1.63. The summed E-state index contributed by atoms with van der Waals surface area (Å²) in [6.07, 6.45) is 4.68. The van der Waals surface area contributed by atoms with Gasteiger partial charge >= 0.3 is 0 Å². The Labute approximate surface area is 172 Å². The lowest BCUT2D eigenvalue weighted by atomic mass is 9.96. The van der Waals surface area contributed by atoms with Gasteiger partial charge in [-0.2, -0.15) is 0 Å². The number of hydrogen-bond acceptors (Lipinski definition) is 5. The molecule has 0 unspecified atom stereocenters. The highest BCUT2D eigenvalue weighted by Gasteiger charge is 2.25. The molecule has 7 heteroatoms. The molecule has 0 aliphatic carbocycles. The number of carbonyl (C=O) groups excluding carboxylic acids is 2. The zero-order valence-corrected chi connectivity index (χ0v) is 18.0. The van der Waals surface area contributed by atoms with Gasteiger partial charge in [-0.05, 0) is 76.7 Å². The monoisotopic (exact) mass is 407 g/mol. The van der Waals surface area contributed by atoms with Crippen molar-refractivity contribution < 1.29 is 14.3 Å².